The SMILES string of the molecule is CCc1c(F)c(C2C(C#N)=C(C)N(C)C(C)=C2C#N)cc2c(NC(=O)c3cc(C)nn3CC)n[nH]c12. The number of H-pyrrole nitrogens is 1. The van der Waals surface area contributed by atoms with Crippen molar-refractivity contribution in [3.8, 4) is 12.1 Å². The van der Waals surface area contributed by atoms with Crippen molar-refractivity contribution in [2.75, 3.05) is 12.4 Å². The Morgan fingerprint density at radius 3 is 2.36 bits per heavy atom. The molecule has 3 aromatic rings. The van der Waals surface area contributed by atoms with E-state index < -0.39 is 17.6 Å². The number of carbonyl (C=O) groups excluding carboxylic acids is 1. The van der Waals surface area contributed by atoms with Crippen LogP contribution in [0.2, 0.25) is 0 Å². The molecular weight excluding hydrogens is 459 g/mol. The fourth-order valence-corrected chi connectivity index (χ4v) is 4.78. The first kappa shape index (κ1) is 24.7. The van der Waals surface area contributed by atoms with Crippen molar-refractivity contribution in [1.29, 1.82) is 10.5 Å². The maximum atomic E-state index is 16.0. The standard InChI is InChI=1S/C26H27FN8O/c1-7-16-23(27)17(22-19(11-28)14(4)34(6)15(5)20(22)12-29)10-18-24(16)31-32-25(18)30-26(36)21-9-13(3)33-35(21)8-2/h9-10,22H,7-8H2,1-6H3,(H2,30,31,32,36). The molecule has 0 bridgehead atoms. The van der Waals surface area contributed by atoms with Crippen LogP contribution in [0.25, 0.3) is 10.9 Å². The zero-order chi connectivity index (χ0) is 26.3. The summed E-state index contributed by atoms with van der Waals surface area (Å²) >= 11 is 0. The monoisotopic (exact) mass is 486 g/mol. The molecule has 36 heavy (non-hydrogen) atoms. The number of carbonyl (C=O) groups is 1. The van der Waals surface area contributed by atoms with E-state index in [1.807, 2.05) is 20.8 Å². The van der Waals surface area contributed by atoms with E-state index in [0.29, 0.717) is 63.4 Å². The second-order valence-corrected chi connectivity index (χ2v) is 8.76. The van der Waals surface area contributed by atoms with E-state index in [1.54, 1.807) is 42.6 Å². The number of benzene rings is 1. The van der Waals surface area contributed by atoms with Gasteiger partial charge in [-0.05, 0) is 46.2 Å². The van der Waals surface area contributed by atoms with Gasteiger partial charge in [-0.1, -0.05) is 6.92 Å². The summed E-state index contributed by atoms with van der Waals surface area (Å²) < 4.78 is 17.6. The van der Waals surface area contributed by atoms with E-state index in [2.05, 4.69) is 32.8 Å². The molecule has 4 rings (SSSR count). The summed E-state index contributed by atoms with van der Waals surface area (Å²) in [6.07, 6.45) is 0.343. The first-order valence-corrected chi connectivity index (χ1v) is 11.7. The van der Waals surface area contributed by atoms with E-state index in [9.17, 15) is 15.3 Å². The smallest absolute Gasteiger partial charge is 0.275 e. The number of aromatic amines is 1. The van der Waals surface area contributed by atoms with Crippen molar-refractivity contribution in [3.05, 3.63) is 63.0 Å². The van der Waals surface area contributed by atoms with Gasteiger partial charge in [-0.3, -0.25) is 14.6 Å². The number of amides is 1. The Hall–Kier alpha value is -4.44. The molecule has 1 amide bonds. The molecular formula is C26H27FN8O. The van der Waals surface area contributed by atoms with Crippen LogP contribution < -0.4 is 5.32 Å². The largest absolute Gasteiger partial charge is 0.350 e. The number of halogens is 1. The van der Waals surface area contributed by atoms with Crippen LogP contribution in [0.5, 0.6) is 0 Å². The van der Waals surface area contributed by atoms with Gasteiger partial charge in [0.05, 0.1) is 40.4 Å². The molecule has 0 radical (unpaired) electrons. The number of rotatable bonds is 5. The van der Waals surface area contributed by atoms with Crippen molar-refractivity contribution in [2.24, 2.45) is 0 Å². The third-order valence-corrected chi connectivity index (χ3v) is 6.86. The molecule has 1 aromatic carbocycles. The van der Waals surface area contributed by atoms with E-state index >= 15 is 4.39 Å². The van der Waals surface area contributed by atoms with Gasteiger partial charge in [0, 0.05) is 41.5 Å². The minimum absolute atomic E-state index is 0.200. The van der Waals surface area contributed by atoms with Gasteiger partial charge in [0.25, 0.3) is 5.91 Å². The molecule has 2 aromatic heterocycles. The Bertz CT molecular complexity index is 1500. The quantitative estimate of drug-likeness (QED) is 0.540. The number of aromatic nitrogens is 4. The predicted molar refractivity (Wildman–Crippen MR) is 133 cm³/mol. The molecule has 10 heteroatoms. The number of nitrogens with one attached hydrogen (secondary N) is 2. The maximum absolute atomic E-state index is 16.0. The number of hydrogen-bond donors (Lipinski definition) is 2. The average Bonchev–Trinajstić information content (AvgIpc) is 3.44. The minimum atomic E-state index is -0.867. The summed E-state index contributed by atoms with van der Waals surface area (Å²) in [5.74, 6) is -1.52. The van der Waals surface area contributed by atoms with Crippen LogP contribution >= 0.6 is 0 Å². The highest BCUT2D eigenvalue weighted by molar-refractivity contribution is 6.07. The average molecular weight is 487 g/mol. The Balaban J connectivity index is 1.91. The highest BCUT2D eigenvalue weighted by Gasteiger charge is 2.35. The van der Waals surface area contributed by atoms with Gasteiger partial charge in [0.1, 0.15) is 11.5 Å². The van der Waals surface area contributed by atoms with E-state index in [0.717, 1.165) is 0 Å². The first-order valence-electron chi connectivity index (χ1n) is 11.7. The lowest BCUT2D eigenvalue weighted by molar-refractivity contribution is 0.101. The van der Waals surface area contributed by atoms with E-state index in [4.69, 9.17) is 0 Å². The summed E-state index contributed by atoms with van der Waals surface area (Å²) in [7, 11) is 1.78. The van der Waals surface area contributed by atoms with Crippen LogP contribution in [0.3, 0.4) is 0 Å². The Morgan fingerprint density at radius 2 is 1.81 bits per heavy atom. The summed E-state index contributed by atoms with van der Waals surface area (Å²) in [5, 5.41) is 34.7. The van der Waals surface area contributed by atoms with Crippen molar-refractivity contribution >= 4 is 22.6 Å². The van der Waals surface area contributed by atoms with Gasteiger partial charge in [-0.15, -0.1) is 0 Å². The van der Waals surface area contributed by atoms with Gasteiger partial charge in [-0.2, -0.15) is 20.7 Å². The molecule has 0 saturated heterocycles. The number of nitriles is 2. The number of anilines is 1. The highest BCUT2D eigenvalue weighted by atomic mass is 19.1. The molecule has 9 nitrogen and oxygen atoms in total. The van der Waals surface area contributed by atoms with Crippen LogP contribution in [0.1, 0.15) is 60.9 Å². The minimum Gasteiger partial charge on any atom is -0.350 e. The zero-order valence-electron chi connectivity index (χ0n) is 21.1. The lowest BCUT2D eigenvalue weighted by Gasteiger charge is -2.33. The Labute approximate surface area is 208 Å². The van der Waals surface area contributed by atoms with Crippen LogP contribution in [0, 0.1) is 35.4 Å². The Kier molecular flexibility index (Phi) is 6.38. The normalized spacial score (nSPS) is 14.4. The van der Waals surface area contributed by atoms with Crippen LogP contribution in [0.15, 0.2) is 34.7 Å². The Morgan fingerprint density at radius 1 is 1.17 bits per heavy atom. The predicted octanol–water partition coefficient (Wildman–Crippen LogP) is 4.67. The van der Waals surface area contributed by atoms with Gasteiger partial charge < -0.3 is 10.2 Å². The van der Waals surface area contributed by atoms with Crippen molar-refractivity contribution in [2.45, 2.75) is 53.5 Å². The van der Waals surface area contributed by atoms with Crippen LogP contribution in [0.4, 0.5) is 10.2 Å². The number of nitrogens with zero attached hydrogens (tertiary/aromatic N) is 6. The molecule has 0 aliphatic carbocycles. The number of aryl methyl sites for hydroxylation is 3. The molecule has 184 valence electrons. The van der Waals surface area contributed by atoms with Crippen molar-refractivity contribution in [1.82, 2.24) is 24.9 Å². The molecule has 0 atom stereocenters. The van der Waals surface area contributed by atoms with Gasteiger partial charge in [0.2, 0.25) is 0 Å². The van der Waals surface area contributed by atoms with E-state index in [1.165, 1.54) is 0 Å². The third-order valence-electron chi connectivity index (χ3n) is 6.86. The summed E-state index contributed by atoms with van der Waals surface area (Å²) in [5.41, 5.74) is 4.04. The van der Waals surface area contributed by atoms with Crippen molar-refractivity contribution in [3.63, 3.8) is 0 Å². The van der Waals surface area contributed by atoms with Crippen LogP contribution in [-0.2, 0) is 13.0 Å². The summed E-state index contributed by atoms with van der Waals surface area (Å²) in [6.45, 7) is 9.60. The molecule has 1 aliphatic rings. The molecule has 0 saturated carbocycles. The van der Waals surface area contributed by atoms with Crippen molar-refractivity contribution < 1.29 is 9.18 Å². The summed E-state index contributed by atoms with van der Waals surface area (Å²) in [4.78, 5) is 14.8. The van der Waals surface area contributed by atoms with Gasteiger partial charge >= 0.3 is 0 Å². The fraction of sp³-hybridized carbons (Fsp3) is 0.346. The zero-order valence-corrected chi connectivity index (χ0v) is 21.1. The third kappa shape index (κ3) is 3.72. The van der Waals surface area contributed by atoms with Crippen LogP contribution in [-0.4, -0.2) is 37.8 Å². The number of hydrogen-bond acceptors (Lipinski definition) is 6. The van der Waals surface area contributed by atoms with Gasteiger partial charge in [0.15, 0.2) is 5.82 Å². The molecule has 0 unspecified atom stereocenters. The van der Waals surface area contributed by atoms with E-state index in [-0.39, 0.29) is 11.4 Å². The molecule has 0 spiro atoms. The molecule has 2 N–H and O–H groups in total. The second kappa shape index (κ2) is 9.31. The fourth-order valence-electron chi connectivity index (χ4n) is 4.78. The first-order chi connectivity index (χ1) is 17.2. The lowest BCUT2D eigenvalue weighted by Crippen LogP contribution is -2.26. The topological polar surface area (TPSA) is 126 Å². The summed E-state index contributed by atoms with van der Waals surface area (Å²) in [6, 6.07) is 7.65. The van der Waals surface area contributed by atoms with Gasteiger partial charge in [-0.25, -0.2) is 4.39 Å². The number of fused-ring (bicyclic) bond motifs is 1. The highest BCUT2D eigenvalue weighted by Crippen LogP contribution is 2.43. The maximum Gasteiger partial charge on any atom is 0.275 e. The second-order valence-electron chi connectivity index (χ2n) is 8.76. The molecule has 0 fully saturated rings. The molecule has 1 aliphatic heterocycles. The lowest BCUT2D eigenvalue weighted by atomic mass is 9.79. The number of allylic oxidation sites excluding steroid dienone is 4. The molecule has 3 heterocycles.